The lowest BCUT2D eigenvalue weighted by Crippen LogP contribution is -2.60. The number of alkyl halides is 3. The minimum atomic E-state index is -4.47. The number of piperazine rings is 1. The first-order valence-corrected chi connectivity index (χ1v) is 12.9. The van der Waals surface area contributed by atoms with E-state index in [1.165, 1.54) is 12.3 Å². The molecule has 0 aliphatic carbocycles. The number of pyridine rings is 1. The molecular weight excluding hydrogens is 465 g/mol. The van der Waals surface area contributed by atoms with E-state index in [2.05, 4.69) is 40.9 Å². The number of aromatic nitrogens is 1. The van der Waals surface area contributed by atoms with Crippen molar-refractivity contribution in [3.05, 3.63) is 65.5 Å². The van der Waals surface area contributed by atoms with Crippen molar-refractivity contribution in [2.24, 2.45) is 11.3 Å². The number of carbonyl (C=O) groups is 1. The smallest absolute Gasteiger partial charge is 0.337 e. The highest BCUT2D eigenvalue weighted by atomic mass is 19.4. The number of hydrogen-bond acceptors (Lipinski definition) is 4. The summed E-state index contributed by atoms with van der Waals surface area (Å²) in [5.74, 6) is 0.640. The predicted octanol–water partition coefficient (Wildman–Crippen LogP) is 5.14. The van der Waals surface area contributed by atoms with Crippen molar-refractivity contribution in [1.29, 1.82) is 0 Å². The maximum Gasteiger partial charge on any atom is 0.433 e. The van der Waals surface area contributed by atoms with Gasteiger partial charge in [-0.3, -0.25) is 14.7 Å². The van der Waals surface area contributed by atoms with E-state index < -0.39 is 11.9 Å². The number of carbonyl (C=O) groups excluding carboxylic acids is 1. The third-order valence-corrected chi connectivity index (χ3v) is 7.53. The van der Waals surface area contributed by atoms with Crippen molar-refractivity contribution >= 4 is 5.91 Å². The Bertz CT molecular complexity index is 998. The van der Waals surface area contributed by atoms with Gasteiger partial charge in [0.1, 0.15) is 5.69 Å². The maximum absolute atomic E-state index is 13.4. The van der Waals surface area contributed by atoms with E-state index in [0.717, 1.165) is 43.1 Å². The summed E-state index contributed by atoms with van der Waals surface area (Å²) in [5.41, 5.74) is 0.679. The van der Waals surface area contributed by atoms with Crippen LogP contribution in [0.4, 0.5) is 13.2 Å². The quantitative estimate of drug-likeness (QED) is 0.615. The van der Waals surface area contributed by atoms with E-state index in [1.807, 2.05) is 30.3 Å². The molecule has 2 fully saturated rings. The summed E-state index contributed by atoms with van der Waals surface area (Å²) >= 11 is 0. The highest BCUT2D eigenvalue weighted by molar-refractivity contribution is 5.77. The van der Waals surface area contributed by atoms with Crippen molar-refractivity contribution in [2.75, 3.05) is 32.7 Å². The first-order chi connectivity index (χ1) is 17.0. The van der Waals surface area contributed by atoms with E-state index in [1.54, 1.807) is 0 Å². The molecule has 196 valence electrons. The van der Waals surface area contributed by atoms with Gasteiger partial charge < -0.3 is 10.2 Å². The standard InChI is InChI=1S/C28H37F3N4O/c1-27(2,3)24-19-34(15-16-35(24)25(36)17-20-11-13-32-14-12-20)26(21-7-5-4-6-8-21)22-9-10-23(33-18-22)28(29,30)31/h4-10,18,20,24,26,32H,11-17,19H2,1-3H3/t24-,26?/m1/s1. The summed E-state index contributed by atoms with van der Waals surface area (Å²) in [6, 6.07) is 12.2. The summed E-state index contributed by atoms with van der Waals surface area (Å²) < 4.78 is 39.5. The van der Waals surface area contributed by atoms with Crippen LogP contribution < -0.4 is 5.32 Å². The number of rotatable bonds is 5. The van der Waals surface area contributed by atoms with Crippen LogP contribution >= 0.6 is 0 Å². The van der Waals surface area contributed by atoms with Crippen molar-refractivity contribution in [1.82, 2.24) is 20.1 Å². The van der Waals surface area contributed by atoms with Gasteiger partial charge in [0, 0.05) is 38.3 Å². The number of nitrogens with zero attached hydrogens (tertiary/aromatic N) is 3. The Labute approximate surface area is 212 Å². The van der Waals surface area contributed by atoms with Gasteiger partial charge in [-0.2, -0.15) is 13.2 Å². The molecule has 2 aliphatic heterocycles. The number of hydrogen-bond donors (Lipinski definition) is 1. The highest BCUT2D eigenvalue weighted by Gasteiger charge is 2.41. The average molecular weight is 503 g/mol. The van der Waals surface area contributed by atoms with Gasteiger partial charge in [0.2, 0.25) is 5.91 Å². The zero-order valence-electron chi connectivity index (χ0n) is 21.4. The number of halogens is 3. The highest BCUT2D eigenvalue weighted by Crippen LogP contribution is 2.36. The van der Waals surface area contributed by atoms with Crippen molar-refractivity contribution in [2.45, 2.75) is 58.3 Å². The van der Waals surface area contributed by atoms with E-state index in [9.17, 15) is 18.0 Å². The lowest BCUT2D eigenvalue weighted by molar-refractivity contribution is -0.141. The van der Waals surface area contributed by atoms with E-state index in [4.69, 9.17) is 0 Å². The maximum atomic E-state index is 13.4. The second-order valence-electron chi connectivity index (χ2n) is 11.1. The normalized spacial score (nSPS) is 21.4. The Kier molecular flexibility index (Phi) is 8.05. The zero-order chi connectivity index (χ0) is 25.9. The van der Waals surface area contributed by atoms with Crippen molar-refractivity contribution in [3.8, 4) is 0 Å². The SMILES string of the molecule is CC(C)(C)[C@H]1CN(C(c2ccccc2)c2ccc(C(F)(F)F)nc2)CCN1C(=O)CC1CCNCC1. The van der Waals surface area contributed by atoms with Crippen LogP contribution in [0.3, 0.4) is 0 Å². The van der Waals surface area contributed by atoms with Crippen LogP contribution in [0.1, 0.15) is 62.9 Å². The van der Waals surface area contributed by atoms with Gasteiger partial charge in [0.05, 0.1) is 6.04 Å². The molecule has 1 amide bonds. The second-order valence-corrected chi connectivity index (χ2v) is 11.1. The van der Waals surface area contributed by atoms with Gasteiger partial charge in [-0.15, -0.1) is 0 Å². The molecule has 5 nitrogen and oxygen atoms in total. The molecule has 1 aromatic heterocycles. The summed E-state index contributed by atoms with van der Waals surface area (Å²) in [4.78, 5) is 21.5. The number of piperidine rings is 1. The number of benzene rings is 1. The first-order valence-electron chi connectivity index (χ1n) is 12.9. The Morgan fingerprint density at radius 3 is 2.31 bits per heavy atom. The Hall–Kier alpha value is -2.45. The third kappa shape index (κ3) is 6.27. The Morgan fingerprint density at radius 1 is 1.03 bits per heavy atom. The van der Waals surface area contributed by atoms with Crippen LogP contribution in [0, 0.1) is 11.3 Å². The minimum Gasteiger partial charge on any atom is -0.337 e. The van der Waals surface area contributed by atoms with Crippen LogP contribution in [-0.2, 0) is 11.0 Å². The Balaban J connectivity index is 1.59. The lowest BCUT2D eigenvalue weighted by atomic mass is 9.82. The molecule has 36 heavy (non-hydrogen) atoms. The van der Waals surface area contributed by atoms with Crippen LogP contribution in [0.25, 0.3) is 0 Å². The van der Waals surface area contributed by atoms with Crippen molar-refractivity contribution in [3.63, 3.8) is 0 Å². The van der Waals surface area contributed by atoms with E-state index >= 15 is 0 Å². The molecule has 0 saturated carbocycles. The molecule has 0 bridgehead atoms. The lowest BCUT2D eigenvalue weighted by Gasteiger charge is -2.49. The van der Waals surface area contributed by atoms with Crippen molar-refractivity contribution < 1.29 is 18.0 Å². The van der Waals surface area contributed by atoms with Crippen LogP contribution in [-0.4, -0.2) is 59.5 Å². The van der Waals surface area contributed by atoms with Crippen LogP contribution in [0.2, 0.25) is 0 Å². The molecule has 2 saturated heterocycles. The molecular formula is C28H37F3N4O. The Morgan fingerprint density at radius 2 is 1.72 bits per heavy atom. The van der Waals surface area contributed by atoms with Crippen LogP contribution in [0.15, 0.2) is 48.7 Å². The largest absolute Gasteiger partial charge is 0.433 e. The fourth-order valence-corrected chi connectivity index (χ4v) is 5.51. The molecule has 2 aromatic rings. The minimum absolute atomic E-state index is 0.00548. The van der Waals surface area contributed by atoms with Gasteiger partial charge in [-0.1, -0.05) is 57.2 Å². The molecule has 0 spiro atoms. The molecule has 4 rings (SSSR count). The molecule has 0 radical (unpaired) electrons. The molecule has 3 heterocycles. The fourth-order valence-electron chi connectivity index (χ4n) is 5.51. The average Bonchev–Trinajstić information content (AvgIpc) is 2.85. The van der Waals surface area contributed by atoms with Gasteiger partial charge in [-0.05, 0) is 54.5 Å². The van der Waals surface area contributed by atoms with E-state index in [-0.39, 0.29) is 23.4 Å². The van der Waals surface area contributed by atoms with Gasteiger partial charge in [0.15, 0.2) is 0 Å². The summed E-state index contributed by atoms with van der Waals surface area (Å²) in [6.07, 6.45) is -0.481. The molecule has 1 unspecified atom stereocenters. The summed E-state index contributed by atoms with van der Waals surface area (Å²) in [7, 11) is 0. The number of amides is 1. The fraction of sp³-hybridized carbons (Fsp3) is 0.571. The molecule has 8 heteroatoms. The monoisotopic (exact) mass is 502 g/mol. The van der Waals surface area contributed by atoms with Gasteiger partial charge >= 0.3 is 6.18 Å². The van der Waals surface area contributed by atoms with Gasteiger partial charge in [-0.25, -0.2) is 0 Å². The topological polar surface area (TPSA) is 48.5 Å². The predicted molar refractivity (Wildman–Crippen MR) is 134 cm³/mol. The van der Waals surface area contributed by atoms with E-state index in [0.29, 0.717) is 32.0 Å². The third-order valence-electron chi connectivity index (χ3n) is 7.53. The molecule has 1 aromatic carbocycles. The summed E-state index contributed by atoms with van der Waals surface area (Å²) in [5, 5.41) is 3.36. The second kappa shape index (κ2) is 10.9. The molecule has 2 aliphatic rings. The molecule has 2 atom stereocenters. The molecule has 1 N–H and O–H groups in total. The number of nitrogens with one attached hydrogen (secondary N) is 1. The summed E-state index contributed by atoms with van der Waals surface area (Å²) in [6.45, 7) is 10.3. The zero-order valence-corrected chi connectivity index (χ0v) is 21.4. The first kappa shape index (κ1) is 26.6. The van der Waals surface area contributed by atoms with Crippen LogP contribution in [0.5, 0.6) is 0 Å². The van der Waals surface area contributed by atoms with Gasteiger partial charge in [0.25, 0.3) is 0 Å².